The van der Waals surface area contributed by atoms with Crippen LogP contribution in [0.1, 0.15) is 29.5 Å². The molecule has 3 heterocycles. The van der Waals surface area contributed by atoms with E-state index in [2.05, 4.69) is 21.4 Å². The Kier molecular flexibility index (Phi) is 6.57. The summed E-state index contributed by atoms with van der Waals surface area (Å²) in [7, 11) is 0. The Bertz CT molecular complexity index is 1390. The van der Waals surface area contributed by atoms with E-state index in [9.17, 15) is 9.59 Å². The number of benzene rings is 2. The molecule has 1 aliphatic rings. The largest absolute Gasteiger partial charge is 0.352 e. The van der Waals surface area contributed by atoms with Crippen molar-refractivity contribution >= 4 is 22.9 Å². The maximum absolute atomic E-state index is 13.5. The number of pyridine rings is 1. The Labute approximate surface area is 204 Å². The lowest BCUT2D eigenvalue weighted by atomic mass is 9.96. The second-order valence-corrected chi connectivity index (χ2v) is 9.13. The number of amides is 1. The van der Waals surface area contributed by atoms with Crippen molar-refractivity contribution in [3.8, 4) is 0 Å². The molecule has 0 spiro atoms. The molecule has 0 atom stereocenters. The van der Waals surface area contributed by atoms with Crippen molar-refractivity contribution in [1.29, 1.82) is 0 Å². The van der Waals surface area contributed by atoms with E-state index in [0.29, 0.717) is 56.0 Å². The predicted octanol–water partition coefficient (Wildman–Crippen LogP) is 3.68. The van der Waals surface area contributed by atoms with E-state index < -0.39 is 0 Å². The molecule has 0 radical (unpaired) electrons. The number of piperidine rings is 1. The minimum atomic E-state index is -0.151. The summed E-state index contributed by atoms with van der Waals surface area (Å²) >= 11 is 0. The van der Waals surface area contributed by atoms with Gasteiger partial charge in [0.25, 0.3) is 5.56 Å². The average molecular weight is 468 g/mol. The van der Waals surface area contributed by atoms with Crippen molar-refractivity contribution in [3.05, 3.63) is 100.0 Å². The molecule has 4 aromatic rings. The Morgan fingerprint density at radius 2 is 1.77 bits per heavy atom. The van der Waals surface area contributed by atoms with Crippen LogP contribution in [-0.2, 0) is 17.9 Å². The van der Waals surface area contributed by atoms with Crippen molar-refractivity contribution in [2.24, 2.45) is 5.92 Å². The van der Waals surface area contributed by atoms with E-state index in [-0.39, 0.29) is 17.4 Å². The molecule has 0 saturated carbocycles. The molecular formula is C28H29N5O2. The van der Waals surface area contributed by atoms with Gasteiger partial charge in [-0.3, -0.25) is 14.2 Å². The molecule has 1 saturated heterocycles. The van der Waals surface area contributed by atoms with Gasteiger partial charge in [-0.2, -0.15) is 0 Å². The lowest BCUT2D eigenvalue weighted by molar-refractivity contribution is -0.125. The summed E-state index contributed by atoms with van der Waals surface area (Å²) in [5.41, 5.74) is 4.43. The Morgan fingerprint density at radius 3 is 2.54 bits per heavy atom. The second-order valence-electron chi connectivity index (χ2n) is 9.13. The van der Waals surface area contributed by atoms with Crippen molar-refractivity contribution < 1.29 is 4.79 Å². The summed E-state index contributed by atoms with van der Waals surface area (Å²) in [4.78, 5) is 37.4. The van der Waals surface area contributed by atoms with Gasteiger partial charge in [0.05, 0.1) is 6.54 Å². The molecule has 5 rings (SSSR count). The minimum Gasteiger partial charge on any atom is -0.352 e. The fourth-order valence-electron chi connectivity index (χ4n) is 4.69. The minimum absolute atomic E-state index is 0.0651. The number of hydrogen-bond donors (Lipinski definition) is 1. The SMILES string of the molecule is Cc1cccc(CNC(=O)C2CCN(c3nc4cccnc4n(Cc4ccccc4)c3=O)CC2)c1. The summed E-state index contributed by atoms with van der Waals surface area (Å²) in [5, 5.41) is 3.08. The molecule has 0 aliphatic carbocycles. The molecule has 7 heteroatoms. The molecular weight excluding hydrogens is 438 g/mol. The van der Waals surface area contributed by atoms with Crippen LogP contribution >= 0.6 is 0 Å². The van der Waals surface area contributed by atoms with E-state index in [0.717, 1.165) is 11.1 Å². The smallest absolute Gasteiger partial charge is 0.295 e. The molecule has 1 N–H and O–H groups in total. The van der Waals surface area contributed by atoms with Crippen LogP contribution in [0.15, 0.2) is 77.7 Å². The zero-order valence-corrected chi connectivity index (χ0v) is 19.9. The molecule has 0 bridgehead atoms. The number of aromatic nitrogens is 3. The van der Waals surface area contributed by atoms with Gasteiger partial charge in [0, 0.05) is 31.7 Å². The van der Waals surface area contributed by atoms with Gasteiger partial charge in [-0.1, -0.05) is 60.2 Å². The first-order valence-electron chi connectivity index (χ1n) is 12.1. The van der Waals surface area contributed by atoms with E-state index in [1.807, 2.05) is 72.5 Å². The molecule has 1 fully saturated rings. The Morgan fingerprint density at radius 1 is 1.00 bits per heavy atom. The molecule has 2 aromatic heterocycles. The number of rotatable bonds is 6. The second kappa shape index (κ2) is 10.1. The lowest BCUT2D eigenvalue weighted by Crippen LogP contribution is -2.43. The monoisotopic (exact) mass is 467 g/mol. The standard InChI is InChI=1S/C28H29N5O2/c1-20-7-5-10-22(17-20)18-30-27(34)23-12-15-32(16-13-23)26-28(35)33(19-21-8-3-2-4-9-21)25-24(31-26)11-6-14-29-25/h2-11,14,17,23H,12-13,15-16,18-19H2,1H3,(H,30,34). The highest BCUT2D eigenvalue weighted by Gasteiger charge is 2.27. The van der Waals surface area contributed by atoms with Crippen LogP contribution < -0.4 is 15.8 Å². The molecule has 35 heavy (non-hydrogen) atoms. The summed E-state index contributed by atoms with van der Waals surface area (Å²) in [6.07, 6.45) is 3.06. The average Bonchev–Trinajstić information content (AvgIpc) is 2.89. The van der Waals surface area contributed by atoms with Gasteiger partial charge in [0.15, 0.2) is 11.5 Å². The number of aryl methyl sites for hydroxylation is 1. The number of carbonyl (C=O) groups excluding carboxylic acids is 1. The van der Waals surface area contributed by atoms with E-state index >= 15 is 0 Å². The highest BCUT2D eigenvalue weighted by atomic mass is 16.2. The van der Waals surface area contributed by atoms with Crippen LogP contribution in [0.3, 0.4) is 0 Å². The van der Waals surface area contributed by atoms with E-state index in [1.54, 1.807) is 10.8 Å². The van der Waals surface area contributed by atoms with E-state index in [4.69, 9.17) is 0 Å². The normalized spacial score (nSPS) is 14.3. The number of anilines is 1. The summed E-state index contributed by atoms with van der Waals surface area (Å²) < 4.78 is 1.70. The van der Waals surface area contributed by atoms with Gasteiger partial charge in [0.1, 0.15) is 5.52 Å². The Balaban J connectivity index is 1.31. The third-order valence-electron chi connectivity index (χ3n) is 6.58. The molecule has 7 nitrogen and oxygen atoms in total. The number of nitrogens with one attached hydrogen (secondary N) is 1. The summed E-state index contributed by atoms with van der Waals surface area (Å²) in [6, 6.07) is 21.8. The summed E-state index contributed by atoms with van der Waals surface area (Å²) in [5.74, 6) is 0.438. The third kappa shape index (κ3) is 5.09. The molecule has 178 valence electrons. The molecule has 1 amide bonds. The number of fused-ring (bicyclic) bond motifs is 1. The lowest BCUT2D eigenvalue weighted by Gasteiger charge is -2.32. The quantitative estimate of drug-likeness (QED) is 0.468. The number of hydrogen-bond acceptors (Lipinski definition) is 5. The number of nitrogens with zero attached hydrogens (tertiary/aromatic N) is 4. The van der Waals surface area contributed by atoms with Crippen molar-refractivity contribution in [2.45, 2.75) is 32.9 Å². The highest BCUT2D eigenvalue weighted by molar-refractivity contribution is 5.79. The first kappa shape index (κ1) is 22.8. The van der Waals surface area contributed by atoms with Crippen LogP contribution in [0.2, 0.25) is 0 Å². The molecule has 2 aromatic carbocycles. The fraction of sp³-hybridized carbons (Fsp3) is 0.286. The van der Waals surface area contributed by atoms with Gasteiger partial charge in [0.2, 0.25) is 5.91 Å². The van der Waals surface area contributed by atoms with Crippen LogP contribution in [0.25, 0.3) is 11.2 Å². The van der Waals surface area contributed by atoms with Gasteiger partial charge < -0.3 is 10.2 Å². The van der Waals surface area contributed by atoms with Crippen molar-refractivity contribution in [1.82, 2.24) is 19.9 Å². The van der Waals surface area contributed by atoms with Crippen LogP contribution in [0.4, 0.5) is 5.82 Å². The maximum Gasteiger partial charge on any atom is 0.295 e. The maximum atomic E-state index is 13.5. The highest BCUT2D eigenvalue weighted by Crippen LogP contribution is 2.22. The fourth-order valence-corrected chi connectivity index (χ4v) is 4.69. The topological polar surface area (TPSA) is 80.1 Å². The zero-order chi connectivity index (χ0) is 24.2. The first-order valence-corrected chi connectivity index (χ1v) is 12.1. The number of carbonyl (C=O) groups is 1. The molecule has 1 aliphatic heterocycles. The van der Waals surface area contributed by atoms with Gasteiger partial charge in [-0.05, 0) is 43.0 Å². The van der Waals surface area contributed by atoms with Gasteiger partial charge in [-0.25, -0.2) is 9.97 Å². The third-order valence-corrected chi connectivity index (χ3v) is 6.58. The van der Waals surface area contributed by atoms with Crippen molar-refractivity contribution in [3.63, 3.8) is 0 Å². The zero-order valence-electron chi connectivity index (χ0n) is 19.9. The van der Waals surface area contributed by atoms with Crippen LogP contribution in [-0.4, -0.2) is 33.5 Å². The van der Waals surface area contributed by atoms with Gasteiger partial charge >= 0.3 is 0 Å². The Hall–Kier alpha value is -4.00. The first-order chi connectivity index (χ1) is 17.1. The predicted molar refractivity (Wildman–Crippen MR) is 137 cm³/mol. The van der Waals surface area contributed by atoms with E-state index in [1.165, 1.54) is 5.56 Å². The summed E-state index contributed by atoms with van der Waals surface area (Å²) in [6.45, 7) is 4.24. The van der Waals surface area contributed by atoms with Crippen LogP contribution in [0.5, 0.6) is 0 Å². The molecule has 0 unspecified atom stereocenters. The van der Waals surface area contributed by atoms with Crippen LogP contribution in [0, 0.1) is 12.8 Å². The van der Waals surface area contributed by atoms with Crippen molar-refractivity contribution in [2.75, 3.05) is 18.0 Å². The van der Waals surface area contributed by atoms with Gasteiger partial charge in [-0.15, -0.1) is 0 Å².